The molecule has 0 spiro atoms. The summed E-state index contributed by atoms with van der Waals surface area (Å²) < 4.78 is 33.9. The van der Waals surface area contributed by atoms with Crippen molar-refractivity contribution in [3.05, 3.63) is 46.4 Å². The van der Waals surface area contributed by atoms with Gasteiger partial charge in [0.2, 0.25) is 20.7 Å². The largest absolute Gasteiger partial charge is 0.490 e. The van der Waals surface area contributed by atoms with Gasteiger partial charge in [0.15, 0.2) is 0 Å². The lowest BCUT2D eigenvalue weighted by atomic mass is 9.79. The van der Waals surface area contributed by atoms with Gasteiger partial charge in [0.05, 0.1) is 22.6 Å². The van der Waals surface area contributed by atoms with E-state index in [4.69, 9.17) is 10.5 Å². The summed E-state index contributed by atoms with van der Waals surface area (Å²) in [5.74, 6) is 0.552. The van der Waals surface area contributed by atoms with Crippen LogP contribution in [0.2, 0.25) is 0 Å². The highest BCUT2D eigenvalue weighted by atomic mass is 32.2. The Kier molecular flexibility index (Phi) is 7.28. The van der Waals surface area contributed by atoms with Gasteiger partial charge >= 0.3 is 0 Å². The van der Waals surface area contributed by atoms with Crippen molar-refractivity contribution in [2.24, 2.45) is 17.8 Å². The summed E-state index contributed by atoms with van der Waals surface area (Å²) in [6.07, 6.45) is 9.27. The molecule has 2 unspecified atom stereocenters. The van der Waals surface area contributed by atoms with Gasteiger partial charge in [-0.2, -0.15) is 5.10 Å². The zero-order chi connectivity index (χ0) is 28.1. The van der Waals surface area contributed by atoms with Gasteiger partial charge in [-0.3, -0.25) is 10.4 Å². The molecule has 2 atom stereocenters. The molecule has 39 heavy (non-hydrogen) atoms. The Balaban J connectivity index is 1.49. The number of allylic oxidation sites excluding steroid dienone is 1. The van der Waals surface area contributed by atoms with E-state index in [-0.39, 0.29) is 11.1 Å². The highest BCUT2D eigenvalue weighted by Gasteiger charge is 2.38. The fraction of sp³-hybridized carbons (Fsp3) is 0.571. The van der Waals surface area contributed by atoms with Crippen LogP contribution in [0.3, 0.4) is 0 Å². The van der Waals surface area contributed by atoms with E-state index in [0.717, 1.165) is 50.1 Å². The van der Waals surface area contributed by atoms with Gasteiger partial charge in [-0.05, 0) is 108 Å². The lowest BCUT2D eigenvalue weighted by Gasteiger charge is -2.38. The Morgan fingerprint density at radius 1 is 1.23 bits per heavy atom. The minimum Gasteiger partial charge on any atom is -0.490 e. The number of sulfone groups is 1. The molecular formula is C28H41N7O3S. The number of hydrogen-bond donors (Lipinski definition) is 3. The van der Waals surface area contributed by atoms with Gasteiger partial charge in [-0.15, -0.1) is 0 Å². The summed E-state index contributed by atoms with van der Waals surface area (Å²) in [5, 5.41) is 10.1. The Bertz CT molecular complexity index is 1420. The van der Waals surface area contributed by atoms with Gasteiger partial charge in [0.1, 0.15) is 11.6 Å². The maximum atomic E-state index is 12.9. The molecule has 3 aliphatic heterocycles. The molecule has 0 amide bonds. The van der Waals surface area contributed by atoms with Crippen LogP contribution in [-0.2, 0) is 29.1 Å². The number of nitrogens with zero attached hydrogens (tertiary/aromatic N) is 4. The number of aliphatic imine (C=N–C) groups is 1. The first kappa shape index (κ1) is 27.7. The molecule has 5 rings (SSSR count). The van der Waals surface area contributed by atoms with Gasteiger partial charge in [0.25, 0.3) is 0 Å². The van der Waals surface area contributed by atoms with Gasteiger partial charge in [-0.1, -0.05) is 0 Å². The van der Waals surface area contributed by atoms with Crippen LogP contribution in [0.15, 0.2) is 34.2 Å². The standard InChI is InChI=1S/C28H41N7O3S/c1-17(2)39(36,37)27-23(16-35(6)33-27)31-24-9-12-30-28(29,32-24)22-15-18(3)25(20-10-13-34(5)14-11-20)21-8-7-19(4)38-26(21)22/h9,12,15-17,19-20,31-32H,7-8,10-11,13-14,29H2,1-6H3. The predicted octanol–water partition coefficient (Wildman–Crippen LogP) is 3.13. The zero-order valence-electron chi connectivity index (χ0n) is 23.8. The molecular weight excluding hydrogens is 514 g/mol. The molecule has 212 valence electrons. The van der Waals surface area contributed by atoms with Crippen LogP contribution < -0.4 is 21.1 Å². The normalized spacial score (nSPS) is 24.2. The number of fused-ring (bicyclic) bond motifs is 1. The number of ether oxygens (including phenoxy) is 1. The zero-order valence-corrected chi connectivity index (χ0v) is 24.6. The lowest BCUT2D eigenvalue weighted by Crippen LogP contribution is -2.51. The maximum absolute atomic E-state index is 12.9. The van der Waals surface area contributed by atoms with Crippen molar-refractivity contribution < 1.29 is 13.2 Å². The Hall–Kier alpha value is -2.89. The van der Waals surface area contributed by atoms with Crippen molar-refractivity contribution in [2.45, 2.75) is 81.5 Å². The van der Waals surface area contributed by atoms with Crippen molar-refractivity contribution >= 4 is 21.7 Å². The summed E-state index contributed by atoms with van der Waals surface area (Å²) in [5.41, 5.74) is 12.0. The summed E-state index contributed by atoms with van der Waals surface area (Å²) in [7, 11) is 0.281. The molecule has 0 bridgehead atoms. The van der Waals surface area contributed by atoms with Crippen LogP contribution in [0, 0.1) is 6.92 Å². The first-order valence-electron chi connectivity index (χ1n) is 13.8. The number of likely N-dealkylation sites (tertiary alicyclic amines) is 1. The fourth-order valence-corrected chi connectivity index (χ4v) is 6.97. The van der Waals surface area contributed by atoms with Crippen LogP contribution in [0.1, 0.15) is 68.2 Å². The maximum Gasteiger partial charge on any atom is 0.213 e. The number of nitrogens with one attached hydrogen (secondary N) is 2. The van der Waals surface area contributed by atoms with Crippen molar-refractivity contribution in [1.82, 2.24) is 20.0 Å². The SMILES string of the molecule is Cc1cc(C2(N)N=CC=C(Nc3cn(C)nc3S(=O)(=O)C(C)C)N2)c2c(c1C1CCN(C)CC1)CCC(C)O2. The summed E-state index contributed by atoms with van der Waals surface area (Å²) in [4.78, 5) is 7.04. The second kappa shape index (κ2) is 10.3. The van der Waals surface area contributed by atoms with Gasteiger partial charge in [0, 0.05) is 19.5 Å². The van der Waals surface area contributed by atoms with E-state index in [1.54, 1.807) is 39.4 Å². The first-order chi connectivity index (χ1) is 18.4. The van der Waals surface area contributed by atoms with E-state index in [9.17, 15) is 8.42 Å². The number of aromatic nitrogens is 2. The van der Waals surface area contributed by atoms with Crippen LogP contribution in [-0.4, -0.2) is 60.8 Å². The Morgan fingerprint density at radius 2 is 1.95 bits per heavy atom. The Labute approximate surface area is 231 Å². The number of piperidine rings is 1. The molecule has 4 heterocycles. The van der Waals surface area contributed by atoms with Gasteiger partial charge < -0.3 is 20.3 Å². The van der Waals surface area contributed by atoms with Crippen molar-refractivity contribution in [1.29, 1.82) is 0 Å². The molecule has 1 fully saturated rings. The van der Waals surface area contributed by atoms with Crippen LogP contribution in [0.25, 0.3) is 0 Å². The summed E-state index contributed by atoms with van der Waals surface area (Å²) in [6, 6.07) is 2.12. The van der Waals surface area contributed by atoms with E-state index in [1.165, 1.54) is 21.4 Å². The molecule has 0 aliphatic carbocycles. The molecule has 1 aromatic carbocycles. The molecule has 0 saturated carbocycles. The van der Waals surface area contributed by atoms with Crippen LogP contribution in [0.4, 0.5) is 5.69 Å². The van der Waals surface area contributed by atoms with Gasteiger partial charge in [-0.25, -0.2) is 13.4 Å². The third-order valence-corrected chi connectivity index (χ3v) is 10.2. The highest BCUT2D eigenvalue weighted by molar-refractivity contribution is 7.92. The highest BCUT2D eigenvalue weighted by Crippen LogP contribution is 2.44. The molecule has 11 heteroatoms. The van der Waals surface area contributed by atoms with Crippen LogP contribution in [0.5, 0.6) is 5.75 Å². The first-order valence-corrected chi connectivity index (χ1v) is 15.3. The number of anilines is 1. The minimum atomic E-state index is -3.60. The second-order valence-electron chi connectivity index (χ2n) is 11.5. The van der Waals surface area contributed by atoms with E-state index in [0.29, 0.717) is 17.4 Å². The van der Waals surface area contributed by atoms with Crippen molar-refractivity contribution in [2.75, 3.05) is 25.5 Å². The number of hydrogen-bond acceptors (Lipinski definition) is 9. The molecule has 2 aromatic rings. The molecule has 10 nitrogen and oxygen atoms in total. The number of benzene rings is 1. The fourth-order valence-electron chi connectivity index (χ4n) is 5.87. The van der Waals surface area contributed by atoms with E-state index in [2.05, 4.69) is 52.6 Å². The van der Waals surface area contributed by atoms with Crippen molar-refractivity contribution in [3.8, 4) is 5.75 Å². The number of nitrogens with two attached hydrogens (primary N) is 1. The minimum absolute atomic E-state index is 0.000644. The van der Waals surface area contributed by atoms with Crippen LogP contribution >= 0.6 is 0 Å². The van der Waals surface area contributed by atoms with E-state index < -0.39 is 20.9 Å². The summed E-state index contributed by atoms with van der Waals surface area (Å²) >= 11 is 0. The molecule has 0 radical (unpaired) electrons. The monoisotopic (exact) mass is 555 g/mol. The molecule has 3 aliphatic rings. The predicted molar refractivity (Wildman–Crippen MR) is 154 cm³/mol. The topological polar surface area (TPSA) is 127 Å². The molecule has 1 saturated heterocycles. The van der Waals surface area contributed by atoms with E-state index in [1.807, 2.05) is 0 Å². The number of aryl methyl sites for hydroxylation is 2. The number of rotatable bonds is 6. The average molecular weight is 556 g/mol. The smallest absolute Gasteiger partial charge is 0.213 e. The quantitative estimate of drug-likeness (QED) is 0.496. The lowest BCUT2D eigenvalue weighted by molar-refractivity contribution is 0.182. The Morgan fingerprint density at radius 3 is 2.64 bits per heavy atom. The average Bonchev–Trinajstić information content (AvgIpc) is 3.25. The third-order valence-electron chi connectivity index (χ3n) is 8.09. The second-order valence-corrected chi connectivity index (χ2v) is 13.9. The van der Waals surface area contributed by atoms with E-state index >= 15 is 0 Å². The molecule has 4 N–H and O–H groups in total. The molecule has 1 aromatic heterocycles. The summed E-state index contributed by atoms with van der Waals surface area (Å²) in [6.45, 7) is 9.73. The third kappa shape index (κ3) is 5.19. The van der Waals surface area contributed by atoms with Crippen molar-refractivity contribution in [3.63, 3.8) is 0 Å².